The van der Waals surface area contributed by atoms with Crippen molar-refractivity contribution in [3.8, 4) is 0 Å². The van der Waals surface area contributed by atoms with Gasteiger partial charge in [0, 0.05) is 44.3 Å². The van der Waals surface area contributed by atoms with Crippen LogP contribution in [0.25, 0.3) is 0 Å². The number of aliphatic carboxylic acids is 1. The van der Waals surface area contributed by atoms with Crippen LogP contribution in [0.15, 0.2) is 12.5 Å². The van der Waals surface area contributed by atoms with Crippen molar-refractivity contribution in [3.05, 3.63) is 18.2 Å². The standard InChI is InChI=1S/C20H28N4O3/c25-18(14-1-2-14)22-7-5-20(6-8-22)9-17(19(26)27)23(12-20)11-16-10-21-13-24(16)15-3-4-15/h10,13-15,17H,1-9,11-12H2,(H,26,27)/t17-/m0/s1. The van der Waals surface area contributed by atoms with Crippen LogP contribution in [-0.4, -0.2) is 62.0 Å². The molecule has 0 aromatic carbocycles. The van der Waals surface area contributed by atoms with Gasteiger partial charge in [0.15, 0.2) is 0 Å². The van der Waals surface area contributed by atoms with Crippen molar-refractivity contribution in [2.24, 2.45) is 11.3 Å². The van der Waals surface area contributed by atoms with Gasteiger partial charge in [-0.05, 0) is 50.4 Å². The number of nitrogens with zero attached hydrogens (tertiary/aromatic N) is 4. The van der Waals surface area contributed by atoms with Crippen LogP contribution in [0.3, 0.4) is 0 Å². The second-order valence-electron chi connectivity index (χ2n) is 9.09. The molecular formula is C20H28N4O3. The highest BCUT2D eigenvalue weighted by Crippen LogP contribution is 2.45. The molecular weight excluding hydrogens is 344 g/mol. The Balaban J connectivity index is 1.28. The van der Waals surface area contributed by atoms with Gasteiger partial charge in [-0.2, -0.15) is 0 Å². The summed E-state index contributed by atoms with van der Waals surface area (Å²) in [4.78, 5) is 32.7. The molecule has 7 heteroatoms. The van der Waals surface area contributed by atoms with Gasteiger partial charge in [-0.25, -0.2) is 4.98 Å². The van der Waals surface area contributed by atoms with Gasteiger partial charge in [-0.15, -0.1) is 0 Å². The molecule has 1 atom stereocenters. The van der Waals surface area contributed by atoms with E-state index in [9.17, 15) is 14.7 Å². The molecule has 0 radical (unpaired) electrons. The number of piperidine rings is 1. The monoisotopic (exact) mass is 372 g/mol. The molecule has 7 nitrogen and oxygen atoms in total. The normalized spacial score (nSPS) is 28.0. The maximum Gasteiger partial charge on any atom is 0.320 e. The molecule has 2 aliphatic heterocycles. The summed E-state index contributed by atoms with van der Waals surface area (Å²) in [6.45, 7) is 3.04. The van der Waals surface area contributed by atoms with E-state index < -0.39 is 12.0 Å². The molecule has 0 unspecified atom stereocenters. The third-order valence-electron chi connectivity index (χ3n) is 7.00. The zero-order valence-corrected chi connectivity index (χ0v) is 15.7. The second-order valence-corrected chi connectivity index (χ2v) is 9.09. The second kappa shape index (κ2) is 6.33. The minimum Gasteiger partial charge on any atom is -0.480 e. The third-order valence-corrected chi connectivity index (χ3v) is 7.00. The lowest BCUT2D eigenvalue weighted by atomic mass is 9.76. The third kappa shape index (κ3) is 3.26. The lowest BCUT2D eigenvalue weighted by Crippen LogP contribution is -2.44. The number of hydrogen-bond donors (Lipinski definition) is 1. The topological polar surface area (TPSA) is 78.7 Å². The van der Waals surface area contributed by atoms with Crippen molar-refractivity contribution in [3.63, 3.8) is 0 Å². The van der Waals surface area contributed by atoms with Gasteiger partial charge in [0.1, 0.15) is 6.04 Å². The van der Waals surface area contributed by atoms with Gasteiger partial charge < -0.3 is 14.6 Å². The summed E-state index contributed by atoms with van der Waals surface area (Å²) >= 11 is 0. The molecule has 1 amide bonds. The van der Waals surface area contributed by atoms with E-state index in [-0.39, 0.29) is 11.3 Å². The number of carboxylic acids is 1. The predicted octanol–water partition coefficient (Wildman–Crippen LogP) is 1.90. The van der Waals surface area contributed by atoms with Crippen molar-refractivity contribution >= 4 is 11.9 Å². The van der Waals surface area contributed by atoms with Gasteiger partial charge in [0.25, 0.3) is 0 Å². The maximum absolute atomic E-state index is 12.3. The highest BCUT2D eigenvalue weighted by molar-refractivity contribution is 5.81. The van der Waals surface area contributed by atoms with Gasteiger partial charge in [-0.1, -0.05) is 0 Å². The summed E-state index contributed by atoms with van der Waals surface area (Å²) in [7, 11) is 0. The lowest BCUT2D eigenvalue weighted by Gasteiger charge is -2.39. The van der Waals surface area contributed by atoms with Crippen molar-refractivity contribution < 1.29 is 14.7 Å². The lowest BCUT2D eigenvalue weighted by molar-refractivity contribution is -0.142. The zero-order valence-electron chi connectivity index (χ0n) is 15.7. The van der Waals surface area contributed by atoms with E-state index in [2.05, 4.69) is 14.5 Å². The molecule has 146 valence electrons. The molecule has 3 heterocycles. The molecule has 1 aromatic rings. The van der Waals surface area contributed by atoms with Crippen LogP contribution in [0.2, 0.25) is 0 Å². The Kier molecular flexibility index (Phi) is 4.04. The van der Waals surface area contributed by atoms with E-state index in [0.29, 0.717) is 24.9 Å². The highest BCUT2D eigenvalue weighted by Gasteiger charge is 2.49. The van der Waals surface area contributed by atoms with Crippen molar-refractivity contribution in [1.29, 1.82) is 0 Å². The van der Waals surface area contributed by atoms with Crippen molar-refractivity contribution in [2.75, 3.05) is 19.6 Å². The van der Waals surface area contributed by atoms with Crippen LogP contribution < -0.4 is 0 Å². The Labute approximate surface area is 159 Å². The number of amides is 1. The average Bonchev–Trinajstić information content (AvgIpc) is 3.58. The molecule has 1 aromatic heterocycles. The van der Waals surface area contributed by atoms with E-state index in [0.717, 1.165) is 51.0 Å². The molecule has 4 fully saturated rings. The van der Waals surface area contributed by atoms with Crippen LogP contribution in [-0.2, 0) is 16.1 Å². The van der Waals surface area contributed by atoms with Gasteiger partial charge in [-0.3, -0.25) is 14.5 Å². The first kappa shape index (κ1) is 17.2. The number of carbonyl (C=O) groups excluding carboxylic acids is 1. The number of likely N-dealkylation sites (tertiary alicyclic amines) is 2. The largest absolute Gasteiger partial charge is 0.480 e. The summed E-state index contributed by atoms with van der Waals surface area (Å²) in [6, 6.07) is 0.122. The molecule has 5 rings (SSSR count). The minimum absolute atomic E-state index is 0.0355. The summed E-state index contributed by atoms with van der Waals surface area (Å²) in [5.41, 5.74) is 1.16. The molecule has 0 bridgehead atoms. The first-order valence-corrected chi connectivity index (χ1v) is 10.3. The van der Waals surface area contributed by atoms with E-state index in [4.69, 9.17) is 0 Å². The fraction of sp³-hybridized carbons (Fsp3) is 0.750. The Hall–Kier alpha value is -1.89. The Morgan fingerprint density at radius 3 is 2.56 bits per heavy atom. The SMILES string of the molecule is O=C(O)[C@@H]1CC2(CCN(C(=O)C3CC3)CC2)CN1Cc1cncn1C1CC1. The fourth-order valence-electron chi connectivity index (χ4n) is 5.05. The van der Waals surface area contributed by atoms with Crippen LogP contribution in [0.1, 0.15) is 56.7 Å². The van der Waals surface area contributed by atoms with E-state index in [1.54, 1.807) is 0 Å². The molecule has 4 aliphatic rings. The molecule has 1 N–H and O–H groups in total. The first-order chi connectivity index (χ1) is 13.0. The maximum atomic E-state index is 12.3. The predicted molar refractivity (Wildman–Crippen MR) is 97.9 cm³/mol. The Morgan fingerprint density at radius 2 is 1.93 bits per heavy atom. The molecule has 2 aliphatic carbocycles. The number of hydrogen-bond acceptors (Lipinski definition) is 4. The van der Waals surface area contributed by atoms with Crippen LogP contribution in [0, 0.1) is 11.3 Å². The molecule has 2 saturated carbocycles. The highest BCUT2D eigenvalue weighted by atomic mass is 16.4. The number of aromatic nitrogens is 2. The summed E-state index contributed by atoms with van der Waals surface area (Å²) in [5, 5.41) is 9.81. The quantitative estimate of drug-likeness (QED) is 0.854. The Bertz CT molecular complexity index is 744. The zero-order chi connectivity index (χ0) is 18.6. The van der Waals surface area contributed by atoms with Crippen LogP contribution >= 0.6 is 0 Å². The Morgan fingerprint density at radius 1 is 1.19 bits per heavy atom. The van der Waals surface area contributed by atoms with E-state index in [1.807, 2.05) is 17.4 Å². The number of carboxylic acid groups (broad SMARTS) is 1. The molecule has 2 saturated heterocycles. The summed E-state index contributed by atoms with van der Waals surface area (Å²) in [5.74, 6) is -0.128. The van der Waals surface area contributed by atoms with E-state index in [1.165, 1.54) is 12.8 Å². The summed E-state index contributed by atoms with van der Waals surface area (Å²) < 4.78 is 2.22. The van der Waals surface area contributed by atoms with Gasteiger partial charge in [0.2, 0.25) is 5.91 Å². The number of imidazole rings is 1. The molecule has 27 heavy (non-hydrogen) atoms. The molecule has 1 spiro atoms. The van der Waals surface area contributed by atoms with Crippen LogP contribution in [0.4, 0.5) is 0 Å². The number of rotatable bonds is 5. The van der Waals surface area contributed by atoms with E-state index >= 15 is 0 Å². The van der Waals surface area contributed by atoms with Crippen molar-refractivity contribution in [2.45, 2.75) is 63.6 Å². The first-order valence-electron chi connectivity index (χ1n) is 10.3. The number of carbonyl (C=O) groups is 2. The van der Waals surface area contributed by atoms with Gasteiger partial charge >= 0.3 is 5.97 Å². The average molecular weight is 372 g/mol. The fourth-order valence-corrected chi connectivity index (χ4v) is 5.05. The summed E-state index contributed by atoms with van der Waals surface area (Å²) in [6.07, 6.45) is 10.8. The smallest absolute Gasteiger partial charge is 0.320 e. The van der Waals surface area contributed by atoms with Gasteiger partial charge in [0.05, 0.1) is 12.0 Å². The van der Waals surface area contributed by atoms with Crippen LogP contribution in [0.5, 0.6) is 0 Å². The minimum atomic E-state index is -0.721. The van der Waals surface area contributed by atoms with Crippen molar-refractivity contribution in [1.82, 2.24) is 19.4 Å².